The zero-order valence-electron chi connectivity index (χ0n) is 13.3. The minimum Gasteiger partial charge on any atom is -0.342 e. The van der Waals surface area contributed by atoms with Crippen molar-refractivity contribution in [2.45, 2.75) is 37.6 Å². The van der Waals surface area contributed by atoms with E-state index in [1.54, 1.807) is 19.2 Å². The van der Waals surface area contributed by atoms with Crippen LogP contribution in [0, 0.1) is 5.82 Å². The van der Waals surface area contributed by atoms with Crippen molar-refractivity contribution in [3.8, 4) is 0 Å². The molecule has 2 aliphatic rings. The summed E-state index contributed by atoms with van der Waals surface area (Å²) in [6.07, 6.45) is 3.05. The van der Waals surface area contributed by atoms with Gasteiger partial charge in [0.2, 0.25) is 5.91 Å². The highest BCUT2D eigenvalue weighted by atomic mass is 19.1. The topological polar surface area (TPSA) is 61.4 Å². The molecule has 0 bridgehead atoms. The number of hydrogen-bond acceptors (Lipinski definition) is 2. The molecule has 0 spiro atoms. The summed E-state index contributed by atoms with van der Waals surface area (Å²) in [5.41, 5.74) is 1.93. The summed E-state index contributed by atoms with van der Waals surface area (Å²) < 4.78 is 13.3. The summed E-state index contributed by atoms with van der Waals surface area (Å²) in [6, 6.07) is 4.66. The Morgan fingerprint density at radius 1 is 1.22 bits per heavy atom. The summed E-state index contributed by atoms with van der Waals surface area (Å²) in [5.74, 6) is -0.249. The molecule has 1 aromatic rings. The van der Waals surface area contributed by atoms with Gasteiger partial charge in [-0.3, -0.25) is 4.79 Å². The van der Waals surface area contributed by atoms with Crippen molar-refractivity contribution < 1.29 is 14.0 Å². The van der Waals surface area contributed by atoms with Crippen LogP contribution in [0.3, 0.4) is 0 Å². The molecule has 0 saturated carbocycles. The van der Waals surface area contributed by atoms with Gasteiger partial charge in [0.25, 0.3) is 0 Å². The van der Waals surface area contributed by atoms with Gasteiger partial charge in [-0.15, -0.1) is 0 Å². The molecule has 0 radical (unpaired) electrons. The number of hydrogen-bond donors (Lipinski definition) is 2. The van der Waals surface area contributed by atoms with Crippen LogP contribution in [0.5, 0.6) is 0 Å². The number of carbonyl (C=O) groups is 2. The first-order chi connectivity index (χ1) is 11.1. The van der Waals surface area contributed by atoms with Gasteiger partial charge in [0.05, 0.1) is 5.92 Å². The largest absolute Gasteiger partial charge is 0.342 e. The number of aryl methyl sites for hydroxylation is 1. The average Bonchev–Trinajstić information content (AvgIpc) is 2.97. The van der Waals surface area contributed by atoms with Gasteiger partial charge in [-0.25, -0.2) is 9.18 Å². The Hall–Kier alpha value is -2.11. The molecule has 1 saturated heterocycles. The van der Waals surface area contributed by atoms with Crippen LogP contribution in [-0.2, 0) is 11.2 Å². The second-order valence-electron chi connectivity index (χ2n) is 6.26. The number of benzene rings is 1. The maximum atomic E-state index is 13.3. The predicted octanol–water partition coefficient (Wildman–Crippen LogP) is 1.78. The van der Waals surface area contributed by atoms with Crippen LogP contribution in [-0.4, -0.2) is 43.0 Å². The maximum Gasteiger partial charge on any atom is 0.314 e. The molecular formula is C17H22FN3O2. The fourth-order valence-corrected chi connectivity index (χ4v) is 3.56. The lowest BCUT2D eigenvalue weighted by Crippen LogP contribution is -2.49. The van der Waals surface area contributed by atoms with Gasteiger partial charge in [0.1, 0.15) is 5.82 Å². The van der Waals surface area contributed by atoms with E-state index >= 15 is 0 Å². The quantitative estimate of drug-likeness (QED) is 0.873. The smallest absolute Gasteiger partial charge is 0.314 e. The molecule has 2 N–H and O–H groups in total. The lowest BCUT2D eigenvalue weighted by Gasteiger charge is -2.34. The van der Waals surface area contributed by atoms with Gasteiger partial charge in [-0.05, 0) is 48.9 Å². The molecule has 6 heteroatoms. The fourth-order valence-electron chi connectivity index (χ4n) is 3.56. The number of nitrogens with zero attached hydrogens (tertiary/aromatic N) is 1. The fraction of sp³-hybridized carbons (Fsp3) is 0.529. The predicted molar refractivity (Wildman–Crippen MR) is 84.7 cm³/mol. The molecule has 1 aromatic carbocycles. The molecule has 0 aromatic heterocycles. The minimum atomic E-state index is -0.238. The first kappa shape index (κ1) is 15.8. The van der Waals surface area contributed by atoms with Gasteiger partial charge in [0.15, 0.2) is 0 Å². The van der Waals surface area contributed by atoms with E-state index in [1.807, 2.05) is 4.90 Å². The molecular weight excluding hydrogens is 297 g/mol. The molecule has 3 amide bonds. The Bertz CT molecular complexity index is 612. The van der Waals surface area contributed by atoms with Gasteiger partial charge in [-0.2, -0.15) is 0 Å². The van der Waals surface area contributed by atoms with Crippen LogP contribution in [0.15, 0.2) is 18.2 Å². The Morgan fingerprint density at radius 2 is 1.96 bits per heavy atom. The third-order valence-electron chi connectivity index (χ3n) is 4.85. The number of urea groups is 1. The van der Waals surface area contributed by atoms with Crippen molar-refractivity contribution >= 4 is 11.9 Å². The summed E-state index contributed by atoms with van der Waals surface area (Å²) in [4.78, 5) is 26.0. The maximum absolute atomic E-state index is 13.3. The van der Waals surface area contributed by atoms with E-state index in [4.69, 9.17) is 0 Å². The molecule has 1 aliphatic carbocycles. The third-order valence-corrected chi connectivity index (χ3v) is 4.85. The normalized spacial score (nSPS) is 21.0. The SMILES string of the molecule is CNC(=O)NC1CCN(C(=O)C2CCc3cc(F)ccc32)CC1. The molecule has 124 valence electrons. The monoisotopic (exact) mass is 319 g/mol. The number of amides is 3. The van der Waals surface area contributed by atoms with Crippen LogP contribution in [0.2, 0.25) is 0 Å². The zero-order chi connectivity index (χ0) is 16.4. The van der Waals surface area contributed by atoms with E-state index in [2.05, 4.69) is 10.6 Å². The molecule has 1 unspecified atom stereocenters. The second kappa shape index (κ2) is 6.56. The summed E-state index contributed by atoms with van der Waals surface area (Å²) in [6.45, 7) is 1.31. The lowest BCUT2D eigenvalue weighted by molar-refractivity contribution is -0.133. The number of likely N-dealkylation sites (tertiary alicyclic amines) is 1. The number of rotatable bonds is 2. The summed E-state index contributed by atoms with van der Waals surface area (Å²) in [7, 11) is 1.59. The Kier molecular flexibility index (Phi) is 4.50. The van der Waals surface area contributed by atoms with Crippen molar-refractivity contribution in [1.29, 1.82) is 0 Å². The van der Waals surface area contributed by atoms with Crippen LogP contribution < -0.4 is 10.6 Å². The van der Waals surface area contributed by atoms with Crippen molar-refractivity contribution in [2.24, 2.45) is 0 Å². The van der Waals surface area contributed by atoms with Crippen LogP contribution in [0.25, 0.3) is 0 Å². The van der Waals surface area contributed by atoms with E-state index < -0.39 is 0 Å². The molecule has 5 nitrogen and oxygen atoms in total. The number of carbonyl (C=O) groups excluding carboxylic acids is 2. The number of halogens is 1. The van der Waals surface area contributed by atoms with Crippen molar-refractivity contribution in [3.05, 3.63) is 35.1 Å². The average molecular weight is 319 g/mol. The highest BCUT2D eigenvalue weighted by molar-refractivity contribution is 5.85. The van der Waals surface area contributed by atoms with E-state index in [9.17, 15) is 14.0 Å². The van der Waals surface area contributed by atoms with Gasteiger partial charge in [0, 0.05) is 26.2 Å². The van der Waals surface area contributed by atoms with Gasteiger partial charge in [-0.1, -0.05) is 6.07 Å². The van der Waals surface area contributed by atoms with Crippen molar-refractivity contribution in [2.75, 3.05) is 20.1 Å². The summed E-state index contributed by atoms with van der Waals surface area (Å²) >= 11 is 0. The van der Waals surface area contributed by atoms with E-state index in [-0.39, 0.29) is 29.7 Å². The standard InChI is InChI=1S/C17H22FN3O2/c1-19-17(23)20-13-6-8-21(9-7-13)16(22)15-4-2-11-10-12(18)3-5-14(11)15/h3,5,10,13,15H,2,4,6-9H2,1H3,(H2,19,20,23). The Labute approximate surface area is 135 Å². The third kappa shape index (κ3) is 3.30. The highest BCUT2D eigenvalue weighted by Crippen LogP contribution is 2.35. The van der Waals surface area contributed by atoms with E-state index in [1.165, 1.54) is 6.07 Å². The lowest BCUT2D eigenvalue weighted by atomic mass is 9.97. The van der Waals surface area contributed by atoms with E-state index in [0.717, 1.165) is 36.8 Å². The number of nitrogens with one attached hydrogen (secondary N) is 2. The Morgan fingerprint density at radius 3 is 2.65 bits per heavy atom. The van der Waals surface area contributed by atoms with E-state index in [0.29, 0.717) is 13.1 Å². The zero-order valence-corrected chi connectivity index (χ0v) is 13.3. The van der Waals surface area contributed by atoms with Crippen LogP contribution in [0.1, 0.15) is 36.3 Å². The van der Waals surface area contributed by atoms with Gasteiger partial charge < -0.3 is 15.5 Å². The number of fused-ring (bicyclic) bond motifs is 1. The van der Waals surface area contributed by atoms with Crippen molar-refractivity contribution in [3.63, 3.8) is 0 Å². The molecule has 1 fully saturated rings. The molecule has 3 rings (SSSR count). The van der Waals surface area contributed by atoms with Crippen LogP contribution >= 0.6 is 0 Å². The second-order valence-corrected chi connectivity index (χ2v) is 6.26. The molecule has 1 heterocycles. The number of piperidine rings is 1. The van der Waals surface area contributed by atoms with Crippen LogP contribution in [0.4, 0.5) is 9.18 Å². The first-order valence-corrected chi connectivity index (χ1v) is 8.14. The first-order valence-electron chi connectivity index (χ1n) is 8.14. The highest BCUT2D eigenvalue weighted by Gasteiger charge is 2.33. The summed E-state index contributed by atoms with van der Waals surface area (Å²) in [5, 5.41) is 5.44. The van der Waals surface area contributed by atoms with Gasteiger partial charge >= 0.3 is 6.03 Å². The molecule has 1 atom stereocenters. The molecule has 23 heavy (non-hydrogen) atoms. The Balaban J connectivity index is 1.60. The van der Waals surface area contributed by atoms with Crippen molar-refractivity contribution in [1.82, 2.24) is 15.5 Å². The molecule has 1 aliphatic heterocycles. The minimum absolute atomic E-state index is 0.115.